The highest BCUT2D eigenvalue weighted by molar-refractivity contribution is 7.92. The summed E-state index contributed by atoms with van der Waals surface area (Å²) in [6, 6.07) is 6.50. The Balaban J connectivity index is 1.83. The van der Waals surface area contributed by atoms with Crippen LogP contribution in [-0.2, 0) is 26.7 Å². The van der Waals surface area contributed by atoms with E-state index in [1.54, 1.807) is 0 Å². The Bertz CT molecular complexity index is 1150. The number of amides is 1. The Morgan fingerprint density at radius 2 is 1.88 bits per heavy atom. The van der Waals surface area contributed by atoms with Crippen molar-refractivity contribution in [3.63, 3.8) is 0 Å². The van der Waals surface area contributed by atoms with Gasteiger partial charge in [-0.1, -0.05) is 18.2 Å². The second kappa shape index (κ2) is 10.4. The van der Waals surface area contributed by atoms with Gasteiger partial charge in [0.2, 0.25) is 15.9 Å². The van der Waals surface area contributed by atoms with Gasteiger partial charge in [-0.25, -0.2) is 17.8 Å². The van der Waals surface area contributed by atoms with Gasteiger partial charge >= 0.3 is 5.38 Å². The number of carbonyl (C=O) groups is 1. The molecule has 1 amide bonds. The summed E-state index contributed by atoms with van der Waals surface area (Å²) in [5, 5.41) is -0.905. The number of halogens is 4. The molecule has 1 atom stereocenters. The molecule has 7 nitrogen and oxygen atoms in total. The molecule has 0 aliphatic carbocycles. The van der Waals surface area contributed by atoms with Crippen LogP contribution in [0.5, 0.6) is 0 Å². The molecule has 0 bridgehead atoms. The van der Waals surface area contributed by atoms with Crippen LogP contribution < -0.4 is 14.9 Å². The fraction of sp³-hybridized carbons (Fsp3) is 0.455. The summed E-state index contributed by atoms with van der Waals surface area (Å²) in [5.74, 6) is -1.89. The largest absolute Gasteiger partial charge is 0.364 e. The molecule has 3 rings (SSSR count). The SMILES string of the molecule is CC(C(=O)NCc1ccc(C(F)(F)Cl)nc1N1CCCCC1)c1cccc(F)c1NS(C)(=O)=O. The smallest absolute Gasteiger partial charge is 0.356 e. The molecule has 1 aromatic heterocycles. The number of nitrogens with zero attached hydrogens (tertiary/aromatic N) is 2. The molecule has 12 heteroatoms. The molecule has 186 valence electrons. The second-order valence-corrected chi connectivity index (χ2v) is 10.5. The lowest BCUT2D eigenvalue weighted by Gasteiger charge is -2.30. The quantitative estimate of drug-likeness (QED) is 0.509. The zero-order valence-electron chi connectivity index (χ0n) is 18.7. The summed E-state index contributed by atoms with van der Waals surface area (Å²) in [6.07, 6.45) is 3.70. The van der Waals surface area contributed by atoms with Gasteiger partial charge in [-0.3, -0.25) is 9.52 Å². The van der Waals surface area contributed by atoms with Crippen molar-refractivity contribution >= 4 is 39.0 Å². The molecule has 34 heavy (non-hydrogen) atoms. The summed E-state index contributed by atoms with van der Waals surface area (Å²) in [4.78, 5) is 18.8. The van der Waals surface area contributed by atoms with E-state index in [0.717, 1.165) is 37.7 Å². The van der Waals surface area contributed by atoms with Gasteiger partial charge in [0.1, 0.15) is 17.3 Å². The van der Waals surface area contributed by atoms with Gasteiger partial charge in [-0.05, 0) is 55.5 Å². The maximum Gasteiger partial charge on any atom is 0.364 e. The zero-order valence-corrected chi connectivity index (χ0v) is 20.3. The highest BCUT2D eigenvalue weighted by Crippen LogP contribution is 2.34. The van der Waals surface area contributed by atoms with Crippen LogP contribution in [0.15, 0.2) is 30.3 Å². The third-order valence-electron chi connectivity index (χ3n) is 5.55. The number of piperidine rings is 1. The molecule has 1 aromatic carbocycles. The number of rotatable bonds is 8. The van der Waals surface area contributed by atoms with Crippen molar-refractivity contribution in [3.8, 4) is 0 Å². The predicted octanol–water partition coefficient (Wildman–Crippen LogP) is 4.29. The van der Waals surface area contributed by atoms with Crippen LogP contribution in [0, 0.1) is 5.82 Å². The van der Waals surface area contributed by atoms with Crippen LogP contribution in [0.1, 0.15) is 48.9 Å². The summed E-state index contributed by atoms with van der Waals surface area (Å²) >= 11 is 5.17. The summed E-state index contributed by atoms with van der Waals surface area (Å²) in [7, 11) is -3.78. The van der Waals surface area contributed by atoms with Crippen molar-refractivity contribution in [2.45, 2.75) is 44.0 Å². The minimum absolute atomic E-state index is 0.0136. The topological polar surface area (TPSA) is 91.4 Å². The number of aromatic nitrogens is 1. The fourth-order valence-electron chi connectivity index (χ4n) is 3.82. The number of nitrogens with one attached hydrogen (secondary N) is 2. The highest BCUT2D eigenvalue weighted by Gasteiger charge is 2.31. The number of hydrogen-bond donors (Lipinski definition) is 2. The number of benzene rings is 1. The molecule has 1 aliphatic rings. The van der Waals surface area contributed by atoms with Gasteiger partial charge < -0.3 is 10.2 Å². The Hall–Kier alpha value is -2.53. The second-order valence-electron chi connectivity index (χ2n) is 8.24. The third kappa shape index (κ3) is 6.53. The number of anilines is 2. The Labute approximate surface area is 201 Å². The van der Waals surface area contributed by atoms with E-state index in [1.165, 1.54) is 25.1 Å². The van der Waals surface area contributed by atoms with Crippen molar-refractivity contribution in [3.05, 3.63) is 53.0 Å². The first kappa shape index (κ1) is 26.1. The molecule has 2 heterocycles. The van der Waals surface area contributed by atoms with E-state index in [2.05, 4.69) is 15.0 Å². The van der Waals surface area contributed by atoms with Gasteiger partial charge in [-0.15, -0.1) is 0 Å². The Kier molecular flexibility index (Phi) is 7.97. The number of pyridine rings is 1. The van der Waals surface area contributed by atoms with Crippen LogP contribution in [0.3, 0.4) is 0 Å². The number of carbonyl (C=O) groups excluding carboxylic acids is 1. The monoisotopic (exact) mass is 518 g/mol. The van der Waals surface area contributed by atoms with Gasteiger partial charge in [0.05, 0.1) is 17.9 Å². The van der Waals surface area contributed by atoms with Crippen LogP contribution in [0.4, 0.5) is 24.7 Å². The molecular weight excluding hydrogens is 493 g/mol. The number of alkyl halides is 3. The molecule has 1 fully saturated rings. The first-order valence-electron chi connectivity index (χ1n) is 10.7. The average Bonchev–Trinajstić information content (AvgIpc) is 2.77. The van der Waals surface area contributed by atoms with E-state index in [-0.39, 0.29) is 17.8 Å². The molecule has 1 saturated heterocycles. The van der Waals surface area contributed by atoms with Crippen molar-refractivity contribution in [1.29, 1.82) is 0 Å². The van der Waals surface area contributed by atoms with Crippen molar-refractivity contribution in [2.75, 3.05) is 29.0 Å². The normalized spacial score (nSPS) is 15.6. The minimum atomic E-state index is -3.78. The molecular formula is C22H26ClF3N4O3S. The van der Waals surface area contributed by atoms with Gasteiger partial charge in [0.25, 0.3) is 0 Å². The predicted molar refractivity (Wildman–Crippen MR) is 125 cm³/mol. The highest BCUT2D eigenvalue weighted by atomic mass is 35.5. The van der Waals surface area contributed by atoms with Gasteiger partial charge in [-0.2, -0.15) is 8.78 Å². The van der Waals surface area contributed by atoms with Crippen molar-refractivity contribution in [1.82, 2.24) is 10.3 Å². The summed E-state index contributed by atoms with van der Waals surface area (Å²) in [6.45, 7) is 2.79. The number of hydrogen-bond acceptors (Lipinski definition) is 5. The first-order valence-corrected chi connectivity index (χ1v) is 13.0. The van der Waals surface area contributed by atoms with E-state index < -0.39 is 38.7 Å². The zero-order chi connectivity index (χ0) is 25.1. The Morgan fingerprint density at radius 3 is 2.50 bits per heavy atom. The molecule has 2 aromatic rings. The molecule has 2 N–H and O–H groups in total. The van der Waals surface area contributed by atoms with E-state index in [0.29, 0.717) is 24.5 Å². The van der Waals surface area contributed by atoms with E-state index >= 15 is 0 Å². The number of para-hydroxylation sites is 1. The maximum absolute atomic E-state index is 14.3. The number of sulfonamides is 1. The molecule has 0 saturated carbocycles. The van der Waals surface area contributed by atoms with Gasteiger partial charge in [0.15, 0.2) is 0 Å². The van der Waals surface area contributed by atoms with E-state index in [9.17, 15) is 26.4 Å². The van der Waals surface area contributed by atoms with Crippen LogP contribution in [-0.4, -0.2) is 38.7 Å². The molecule has 0 radical (unpaired) electrons. The van der Waals surface area contributed by atoms with E-state index in [4.69, 9.17) is 11.6 Å². The van der Waals surface area contributed by atoms with E-state index in [1.807, 2.05) is 4.90 Å². The molecule has 0 spiro atoms. The summed E-state index contributed by atoms with van der Waals surface area (Å²) in [5.41, 5.74) is -0.179. The summed E-state index contributed by atoms with van der Waals surface area (Å²) < 4.78 is 67.0. The standard InChI is InChI=1S/C22H26ClF3N4O3S/c1-14(16-7-6-8-17(24)19(16)29-34(2,32)33)21(31)27-13-15-9-10-18(22(23,25)26)28-20(15)30-11-4-3-5-12-30/h6-10,14,29H,3-5,11-13H2,1-2H3,(H,27,31). The fourth-order valence-corrected chi connectivity index (χ4v) is 4.52. The van der Waals surface area contributed by atoms with Gasteiger partial charge in [0, 0.05) is 25.2 Å². The van der Waals surface area contributed by atoms with Crippen molar-refractivity contribution in [2.24, 2.45) is 0 Å². The van der Waals surface area contributed by atoms with Crippen molar-refractivity contribution < 1.29 is 26.4 Å². The van der Waals surface area contributed by atoms with Crippen LogP contribution >= 0.6 is 11.6 Å². The molecule has 1 unspecified atom stereocenters. The molecule has 1 aliphatic heterocycles. The maximum atomic E-state index is 14.3. The third-order valence-corrected chi connectivity index (χ3v) is 6.32. The lowest BCUT2D eigenvalue weighted by molar-refractivity contribution is -0.122. The lowest BCUT2D eigenvalue weighted by atomic mass is 9.98. The lowest BCUT2D eigenvalue weighted by Crippen LogP contribution is -2.33. The average molecular weight is 519 g/mol. The van der Waals surface area contributed by atoms with Crippen LogP contribution in [0.2, 0.25) is 0 Å². The first-order chi connectivity index (χ1) is 15.9. The van der Waals surface area contributed by atoms with Crippen LogP contribution in [0.25, 0.3) is 0 Å². The Morgan fingerprint density at radius 1 is 1.21 bits per heavy atom. The minimum Gasteiger partial charge on any atom is -0.356 e.